The van der Waals surface area contributed by atoms with Gasteiger partial charge in [-0.2, -0.15) is 0 Å². The van der Waals surface area contributed by atoms with Crippen LogP contribution in [0.2, 0.25) is 0 Å². The number of carbonyl (C=O) groups is 1. The van der Waals surface area contributed by atoms with Gasteiger partial charge in [-0.3, -0.25) is 4.79 Å². The average molecular weight is 259 g/mol. The number of amides is 1. The van der Waals surface area contributed by atoms with E-state index in [0.717, 1.165) is 31.0 Å². The van der Waals surface area contributed by atoms with E-state index in [9.17, 15) is 4.79 Å². The number of nitrogen functional groups attached to an aromatic ring is 1. The summed E-state index contributed by atoms with van der Waals surface area (Å²) < 4.78 is 0. The van der Waals surface area contributed by atoms with E-state index < -0.39 is 0 Å². The molecule has 1 aromatic rings. The molecule has 2 atom stereocenters. The maximum absolute atomic E-state index is 12.7. The zero-order chi connectivity index (χ0) is 13.4. The molecule has 2 aliphatic rings. The number of piperidine rings is 1. The van der Waals surface area contributed by atoms with Gasteiger partial charge in [-0.25, -0.2) is 4.98 Å². The Kier molecular flexibility index (Phi) is 3.17. The lowest BCUT2D eigenvalue weighted by Crippen LogP contribution is -2.46. The first-order valence-corrected chi connectivity index (χ1v) is 7.20. The number of aromatic nitrogens is 1. The van der Waals surface area contributed by atoms with Crippen molar-refractivity contribution < 1.29 is 4.79 Å². The Morgan fingerprint density at radius 3 is 2.89 bits per heavy atom. The summed E-state index contributed by atoms with van der Waals surface area (Å²) >= 11 is 0. The average Bonchev–Trinajstić information content (AvgIpc) is 2.84. The number of nitrogens with two attached hydrogens (primary N) is 1. The molecular formula is C15H21N3O. The van der Waals surface area contributed by atoms with Crippen LogP contribution in [0.3, 0.4) is 0 Å². The zero-order valence-electron chi connectivity index (χ0n) is 11.4. The van der Waals surface area contributed by atoms with Gasteiger partial charge in [0, 0.05) is 23.8 Å². The highest BCUT2D eigenvalue weighted by molar-refractivity contribution is 5.95. The zero-order valence-corrected chi connectivity index (χ0v) is 11.4. The minimum absolute atomic E-state index is 0.133. The molecule has 2 fully saturated rings. The monoisotopic (exact) mass is 259 g/mol. The predicted molar refractivity (Wildman–Crippen MR) is 74.8 cm³/mol. The number of fused-ring (bicyclic) bond motifs is 1. The molecule has 1 aliphatic heterocycles. The van der Waals surface area contributed by atoms with Crippen molar-refractivity contribution in [1.29, 1.82) is 0 Å². The SMILES string of the molecule is Cc1cc(C(=O)N2CCCC3CCCC32)cc(N)n1. The summed E-state index contributed by atoms with van der Waals surface area (Å²) in [5.41, 5.74) is 7.25. The van der Waals surface area contributed by atoms with Gasteiger partial charge in [-0.1, -0.05) is 6.42 Å². The number of nitrogens with zero attached hydrogens (tertiary/aromatic N) is 2. The van der Waals surface area contributed by atoms with Crippen molar-refractivity contribution in [3.8, 4) is 0 Å². The van der Waals surface area contributed by atoms with Gasteiger partial charge in [-0.15, -0.1) is 0 Å². The van der Waals surface area contributed by atoms with Gasteiger partial charge in [0.1, 0.15) is 5.82 Å². The van der Waals surface area contributed by atoms with Crippen LogP contribution in [0, 0.1) is 12.8 Å². The summed E-state index contributed by atoms with van der Waals surface area (Å²) in [6.07, 6.45) is 6.12. The molecule has 4 heteroatoms. The number of likely N-dealkylation sites (tertiary alicyclic amines) is 1. The molecule has 0 radical (unpaired) electrons. The minimum Gasteiger partial charge on any atom is -0.384 e. The van der Waals surface area contributed by atoms with E-state index in [1.807, 2.05) is 13.0 Å². The Hall–Kier alpha value is -1.58. The number of carbonyl (C=O) groups excluding carboxylic acids is 1. The topological polar surface area (TPSA) is 59.2 Å². The molecule has 3 rings (SSSR count). The highest BCUT2D eigenvalue weighted by atomic mass is 16.2. The van der Waals surface area contributed by atoms with Crippen LogP contribution in [-0.2, 0) is 0 Å². The largest absolute Gasteiger partial charge is 0.384 e. The molecule has 0 aromatic carbocycles. The first-order chi connectivity index (χ1) is 9.15. The van der Waals surface area contributed by atoms with Crippen LogP contribution in [0.5, 0.6) is 0 Å². The van der Waals surface area contributed by atoms with E-state index in [4.69, 9.17) is 5.73 Å². The van der Waals surface area contributed by atoms with Crippen LogP contribution in [-0.4, -0.2) is 28.4 Å². The first kappa shape index (κ1) is 12.5. The number of hydrogen-bond acceptors (Lipinski definition) is 3. The van der Waals surface area contributed by atoms with Gasteiger partial charge in [0.25, 0.3) is 5.91 Å². The molecule has 2 unspecified atom stereocenters. The smallest absolute Gasteiger partial charge is 0.254 e. The minimum atomic E-state index is 0.133. The summed E-state index contributed by atoms with van der Waals surface area (Å²) in [6.45, 7) is 2.77. The van der Waals surface area contributed by atoms with Gasteiger partial charge >= 0.3 is 0 Å². The summed E-state index contributed by atoms with van der Waals surface area (Å²) in [4.78, 5) is 18.9. The van der Waals surface area contributed by atoms with Crippen molar-refractivity contribution in [2.24, 2.45) is 5.92 Å². The molecular weight excluding hydrogens is 238 g/mol. The van der Waals surface area contributed by atoms with E-state index in [0.29, 0.717) is 17.4 Å². The molecule has 1 aromatic heterocycles. The maximum atomic E-state index is 12.7. The highest BCUT2D eigenvalue weighted by Crippen LogP contribution is 2.37. The highest BCUT2D eigenvalue weighted by Gasteiger charge is 2.37. The first-order valence-electron chi connectivity index (χ1n) is 7.20. The van der Waals surface area contributed by atoms with Crippen molar-refractivity contribution in [3.63, 3.8) is 0 Å². The van der Waals surface area contributed by atoms with Gasteiger partial charge in [0.15, 0.2) is 0 Å². The molecule has 2 N–H and O–H groups in total. The molecule has 102 valence electrons. The van der Waals surface area contributed by atoms with Crippen LogP contribution in [0.15, 0.2) is 12.1 Å². The quantitative estimate of drug-likeness (QED) is 0.842. The van der Waals surface area contributed by atoms with E-state index >= 15 is 0 Å². The molecule has 1 saturated carbocycles. The summed E-state index contributed by atoms with van der Waals surface area (Å²) in [7, 11) is 0. The molecule has 1 saturated heterocycles. The van der Waals surface area contributed by atoms with Crippen LogP contribution >= 0.6 is 0 Å². The van der Waals surface area contributed by atoms with Crippen molar-refractivity contribution in [2.45, 2.75) is 45.1 Å². The Morgan fingerprint density at radius 2 is 2.11 bits per heavy atom. The Labute approximate surface area is 114 Å². The molecule has 1 amide bonds. The van der Waals surface area contributed by atoms with Crippen LogP contribution in [0.1, 0.15) is 48.2 Å². The van der Waals surface area contributed by atoms with Gasteiger partial charge in [-0.05, 0) is 50.7 Å². The predicted octanol–water partition coefficient (Wildman–Crippen LogP) is 2.38. The normalized spacial score (nSPS) is 26.3. The number of pyridine rings is 1. The fraction of sp³-hybridized carbons (Fsp3) is 0.600. The second kappa shape index (κ2) is 4.83. The van der Waals surface area contributed by atoms with E-state index in [2.05, 4.69) is 9.88 Å². The number of aryl methyl sites for hydroxylation is 1. The molecule has 19 heavy (non-hydrogen) atoms. The third kappa shape index (κ3) is 2.31. The number of hydrogen-bond donors (Lipinski definition) is 1. The van der Waals surface area contributed by atoms with Crippen molar-refractivity contribution >= 4 is 11.7 Å². The fourth-order valence-electron chi connectivity index (χ4n) is 3.69. The van der Waals surface area contributed by atoms with Crippen molar-refractivity contribution in [2.75, 3.05) is 12.3 Å². The third-order valence-corrected chi connectivity index (χ3v) is 4.47. The van der Waals surface area contributed by atoms with Gasteiger partial charge < -0.3 is 10.6 Å². The van der Waals surface area contributed by atoms with Crippen LogP contribution in [0.25, 0.3) is 0 Å². The summed E-state index contributed by atoms with van der Waals surface area (Å²) in [6, 6.07) is 4.00. The van der Waals surface area contributed by atoms with E-state index in [1.165, 1.54) is 19.3 Å². The van der Waals surface area contributed by atoms with Gasteiger partial charge in [0.05, 0.1) is 0 Å². The van der Waals surface area contributed by atoms with Crippen molar-refractivity contribution in [3.05, 3.63) is 23.4 Å². The molecule has 0 bridgehead atoms. The molecule has 1 aliphatic carbocycles. The molecule has 4 nitrogen and oxygen atoms in total. The fourth-order valence-corrected chi connectivity index (χ4v) is 3.69. The maximum Gasteiger partial charge on any atom is 0.254 e. The second-order valence-electron chi connectivity index (χ2n) is 5.82. The third-order valence-electron chi connectivity index (χ3n) is 4.47. The standard InChI is InChI=1S/C15H21N3O/c1-10-8-12(9-14(16)17-10)15(19)18-7-3-5-11-4-2-6-13(11)18/h8-9,11,13H,2-7H2,1H3,(H2,16,17). The Balaban J connectivity index is 1.86. The van der Waals surface area contributed by atoms with E-state index in [1.54, 1.807) is 6.07 Å². The number of anilines is 1. The molecule has 2 heterocycles. The summed E-state index contributed by atoms with van der Waals surface area (Å²) in [5, 5.41) is 0. The van der Waals surface area contributed by atoms with Crippen molar-refractivity contribution in [1.82, 2.24) is 9.88 Å². The lowest BCUT2D eigenvalue weighted by atomic mass is 9.91. The number of rotatable bonds is 1. The Morgan fingerprint density at radius 1 is 1.32 bits per heavy atom. The lowest BCUT2D eigenvalue weighted by molar-refractivity contribution is 0.0548. The Bertz CT molecular complexity index is 480. The van der Waals surface area contributed by atoms with Crippen LogP contribution in [0.4, 0.5) is 5.82 Å². The second-order valence-corrected chi connectivity index (χ2v) is 5.82. The van der Waals surface area contributed by atoms with Gasteiger partial charge in [0.2, 0.25) is 0 Å². The molecule has 0 spiro atoms. The lowest BCUT2D eigenvalue weighted by Gasteiger charge is -2.37. The van der Waals surface area contributed by atoms with E-state index in [-0.39, 0.29) is 5.91 Å². The summed E-state index contributed by atoms with van der Waals surface area (Å²) in [5.74, 6) is 1.29. The van der Waals surface area contributed by atoms with Crippen LogP contribution < -0.4 is 5.73 Å².